The van der Waals surface area contributed by atoms with Gasteiger partial charge in [-0.3, -0.25) is 16.0 Å². The molecule has 2 aliphatic heterocycles. The van der Waals surface area contributed by atoms with E-state index in [1.807, 2.05) is 0 Å². The highest BCUT2D eigenvalue weighted by atomic mass is 15.3. The lowest BCUT2D eigenvalue weighted by Gasteiger charge is -2.39. The molecule has 1 aromatic rings. The van der Waals surface area contributed by atoms with Gasteiger partial charge in [0.15, 0.2) is 0 Å². The smallest absolute Gasteiger partial charge is 0.0946 e. The average Bonchev–Trinajstić information content (AvgIpc) is 2.73. The zero-order chi connectivity index (χ0) is 22.0. The molecule has 0 unspecified atom stereocenters. The van der Waals surface area contributed by atoms with Crippen molar-refractivity contribution < 1.29 is 0 Å². The van der Waals surface area contributed by atoms with Gasteiger partial charge in [-0.15, -0.1) is 0 Å². The molecule has 2 bridgehead atoms. The molecule has 3 rings (SSSR count). The van der Waals surface area contributed by atoms with E-state index >= 15 is 0 Å². The first-order valence-corrected chi connectivity index (χ1v) is 11.7. The van der Waals surface area contributed by atoms with Crippen LogP contribution in [-0.4, -0.2) is 82.8 Å². The SMILES string of the molecule is CC(C)Nc1ccc(CNC23CNCCNCC(N)(CNCCNC2)NCCN3)cc1. The zero-order valence-corrected chi connectivity index (χ0v) is 19.2. The number of anilines is 1. The Balaban J connectivity index is 1.68. The summed E-state index contributed by atoms with van der Waals surface area (Å²) in [6.45, 7) is 13.4. The fourth-order valence-electron chi connectivity index (χ4n) is 4.08. The maximum atomic E-state index is 6.62. The third-order valence-corrected chi connectivity index (χ3v) is 5.80. The highest BCUT2D eigenvalue weighted by molar-refractivity contribution is 5.45. The minimum Gasteiger partial charge on any atom is -0.383 e. The molecule has 0 aliphatic carbocycles. The number of benzene rings is 1. The Bertz CT molecular complexity index is 618. The van der Waals surface area contributed by atoms with Crippen molar-refractivity contribution in [3.63, 3.8) is 0 Å². The Morgan fingerprint density at radius 1 is 0.806 bits per heavy atom. The predicted octanol–water partition coefficient (Wildman–Crippen LogP) is -1.49. The van der Waals surface area contributed by atoms with E-state index in [4.69, 9.17) is 5.73 Å². The van der Waals surface area contributed by atoms with Crippen molar-refractivity contribution in [1.82, 2.24) is 37.2 Å². The highest BCUT2D eigenvalue weighted by Gasteiger charge is 2.30. The Hall–Kier alpha value is -1.30. The number of nitrogens with one attached hydrogen (secondary N) is 8. The summed E-state index contributed by atoms with van der Waals surface area (Å²) in [5, 5.41) is 28.8. The van der Waals surface area contributed by atoms with Crippen molar-refractivity contribution in [3.8, 4) is 0 Å². The fourth-order valence-corrected chi connectivity index (χ4v) is 4.08. The highest BCUT2D eigenvalue weighted by Crippen LogP contribution is 2.12. The molecule has 0 amide bonds. The summed E-state index contributed by atoms with van der Waals surface area (Å²) in [5.74, 6) is 0. The largest absolute Gasteiger partial charge is 0.383 e. The van der Waals surface area contributed by atoms with Crippen LogP contribution in [0, 0.1) is 0 Å². The van der Waals surface area contributed by atoms with Crippen molar-refractivity contribution >= 4 is 5.69 Å². The van der Waals surface area contributed by atoms with Gasteiger partial charge in [0, 0.05) is 83.7 Å². The minimum atomic E-state index is -0.456. The van der Waals surface area contributed by atoms with Crippen molar-refractivity contribution in [2.24, 2.45) is 5.73 Å². The Morgan fingerprint density at radius 3 is 1.94 bits per heavy atom. The van der Waals surface area contributed by atoms with E-state index in [0.29, 0.717) is 6.04 Å². The van der Waals surface area contributed by atoms with Crippen molar-refractivity contribution in [2.75, 3.05) is 70.8 Å². The van der Waals surface area contributed by atoms with Gasteiger partial charge >= 0.3 is 0 Å². The van der Waals surface area contributed by atoms with E-state index in [1.165, 1.54) is 5.56 Å². The summed E-state index contributed by atoms with van der Waals surface area (Å²) in [7, 11) is 0. The van der Waals surface area contributed by atoms with Crippen LogP contribution in [0.3, 0.4) is 0 Å². The molecule has 0 radical (unpaired) electrons. The van der Waals surface area contributed by atoms with Crippen LogP contribution >= 0.6 is 0 Å². The van der Waals surface area contributed by atoms with Gasteiger partial charge < -0.3 is 32.3 Å². The van der Waals surface area contributed by atoms with Crippen LogP contribution in [0.5, 0.6) is 0 Å². The number of fused-ring (bicyclic) bond motifs is 5. The predicted molar refractivity (Wildman–Crippen MR) is 129 cm³/mol. The van der Waals surface area contributed by atoms with Gasteiger partial charge in [-0.2, -0.15) is 0 Å². The molecule has 0 saturated carbocycles. The number of rotatable bonds is 5. The maximum Gasteiger partial charge on any atom is 0.0946 e. The molecule has 31 heavy (non-hydrogen) atoms. The van der Waals surface area contributed by atoms with Crippen LogP contribution in [0.25, 0.3) is 0 Å². The molecule has 9 nitrogen and oxygen atoms in total. The van der Waals surface area contributed by atoms with Gasteiger partial charge in [0.05, 0.1) is 11.3 Å². The van der Waals surface area contributed by atoms with Crippen LogP contribution < -0.4 is 48.3 Å². The second kappa shape index (κ2) is 12.1. The first-order chi connectivity index (χ1) is 15.0. The van der Waals surface area contributed by atoms with Crippen LogP contribution in [0.4, 0.5) is 5.69 Å². The Kier molecular flexibility index (Phi) is 9.48. The van der Waals surface area contributed by atoms with Gasteiger partial charge in [0.1, 0.15) is 0 Å². The number of hydrogen-bond acceptors (Lipinski definition) is 9. The third-order valence-electron chi connectivity index (χ3n) is 5.80. The summed E-state index contributed by atoms with van der Waals surface area (Å²) >= 11 is 0. The normalized spacial score (nSPS) is 29.2. The van der Waals surface area contributed by atoms with Crippen molar-refractivity contribution in [2.45, 2.75) is 37.8 Å². The molecule has 10 N–H and O–H groups in total. The molecular weight excluding hydrogens is 390 g/mol. The Labute approximate surface area is 187 Å². The molecule has 9 heteroatoms. The minimum absolute atomic E-state index is 0.258. The fraction of sp³-hybridized carbons (Fsp3) is 0.727. The summed E-state index contributed by atoms with van der Waals surface area (Å²) in [6.07, 6.45) is 0. The molecule has 0 spiro atoms. The molecular formula is C22H43N9. The second-order valence-corrected chi connectivity index (χ2v) is 9.15. The Morgan fingerprint density at radius 2 is 1.35 bits per heavy atom. The molecule has 2 heterocycles. The monoisotopic (exact) mass is 433 g/mol. The lowest BCUT2D eigenvalue weighted by atomic mass is 10.1. The molecule has 2 saturated heterocycles. The summed E-state index contributed by atoms with van der Waals surface area (Å²) < 4.78 is 0. The van der Waals surface area contributed by atoms with E-state index in [9.17, 15) is 0 Å². The molecule has 2 fully saturated rings. The number of nitrogens with two attached hydrogens (primary N) is 1. The van der Waals surface area contributed by atoms with E-state index < -0.39 is 5.66 Å². The average molecular weight is 434 g/mol. The van der Waals surface area contributed by atoms with E-state index in [0.717, 1.165) is 77.7 Å². The molecule has 176 valence electrons. The molecule has 1 aromatic carbocycles. The summed E-state index contributed by atoms with van der Waals surface area (Å²) in [6, 6.07) is 9.13. The van der Waals surface area contributed by atoms with Crippen LogP contribution in [0.15, 0.2) is 24.3 Å². The summed E-state index contributed by atoms with van der Waals surface area (Å²) in [4.78, 5) is 0. The van der Waals surface area contributed by atoms with Crippen molar-refractivity contribution in [3.05, 3.63) is 29.8 Å². The zero-order valence-electron chi connectivity index (χ0n) is 19.2. The quantitative estimate of drug-likeness (QED) is 0.273. The first kappa shape index (κ1) is 24.3. The molecule has 0 aromatic heterocycles. The van der Waals surface area contributed by atoms with Gasteiger partial charge in [-0.25, -0.2) is 0 Å². The van der Waals surface area contributed by atoms with E-state index in [-0.39, 0.29) is 5.66 Å². The lowest BCUT2D eigenvalue weighted by molar-refractivity contribution is 0.215. The van der Waals surface area contributed by atoms with Gasteiger partial charge in [0.2, 0.25) is 0 Å². The van der Waals surface area contributed by atoms with Gasteiger partial charge in [-0.05, 0) is 31.5 Å². The second-order valence-electron chi connectivity index (χ2n) is 9.15. The van der Waals surface area contributed by atoms with Crippen molar-refractivity contribution in [1.29, 1.82) is 0 Å². The van der Waals surface area contributed by atoms with Gasteiger partial charge in [0.25, 0.3) is 0 Å². The van der Waals surface area contributed by atoms with E-state index in [1.54, 1.807) is 0 Å². The van der Waals surface area contributed by atoms with Crippen LogP contribution in [-0.2, 0) is 6.54 Å². The third kappa shape index (κ3) is 8.28. The standard InChI is InChI=1S/C22H43N9/c1-18(2)31-20-5-3-19(4-6-20)13-30-22-16-26-9-7-24-14-21(23,28-11-12-29-22)15-25-8-10-27-17-22/h3-6,18,24-31H,7-17,23H2,1-2H3. The lowest BCUT2D eigenvalue weighted by Crippen LogP contribution is -2.71. The van der Waals surface area contributed by atoms with E-state index in [2.05, 4.69) is 80.6 Å². The van der Waals surface area contributed by atoms with Crippen LogP contribution in [0.2, 0.25) is 0 Å². The maximum absolute atomic E-state index is 6.62. The first-order valence-electron chi connectivity index (χ1n) is 11.7. The number of hydrogen-bond donors (Lipinski definition) is 9. The molecule has 2 aliphatic rings. The molecule has 0 atom stereocenters. The topological polar surface area (TPSA) is 122 Å². The van der Waals surface area contributed by atoms with Gasteiger partial charge in [-0.1, -0.05) is 12.1 Å². The van der Waals surface area contributed by atoms with Crippen LogP contribution in [0.1, 0.15) is 19.4 Å². The summed E-state index contributed by atoms with van der Waals surface area (Å²) in [5.41, 5.74) is 8.33.